The fourth-order valence-corrected chi connectivity index (χ4v) is 5.58. The minimum absolute atomic E-state index is 0.653. The normalized spacial score (nSPS) is 18.8. The zero-order valence-corrected chi connectivity index (χ0v) is 20.7. The van der Waals surface area contributed by atoms with Crippen LogP contribution in [0.4, 0.5) is 0 Å². The molecule has 32 heavy (non-hydrogen) atoms. The summed E-state index contributed by atoms with van der Waals surface area (Å²) < 4.78 is 0. The van der Waals surface area contributed by atoms with Crippen LogP contribution >= 0.6 is 11.6 Å². The molecule has 1 saturated heterocycles. The van der Waals surface area contributed by atoms with Gasteiger partial charge < -0.3 is 14.7 Å². The average Bonchev–Trinajstić information content (AvgIpc) is 2.79. The highest BCUT2D eigenvalue weighted by Crippen LogP contribution is 2.36. The third-order valence-electron chi connectivity index (χ3n) is 6.99. The van der Waals surface area contributed by atoms with Gasteiger partial charge in [-0.3, -0.25) is 4.98 Å². The van der Waals surface area contributed by atoms with Crippen molar-refractivity contribution in [3.8, 4) is 0 Å². The summed E-state index contributed by atoms with van der Waals surface area (Å²) in [5.41, 5.74) is 6.92. The molecule has 2 heterocycles. The highest BCUT2D eigenvalue weighted by atomic mass is 35.5. The Kier molecular flexibility index (Phi) is 7.11. The molecule has 1 aromatic carbocycles. The summed E-state index contributed by atoms with van der Waals surface area (Å²) in [6, 6.07) is 6.48. The van der Waals surface area contributed by atoms with Gasteiger partial charge in [0, 0.05) is 55.2 Å². The topological polar surface area (TPSA) is 22.6 Å². The van der Waals surface area contributed by atoms with Crippen molar-refractivity contribution >= 4 is 28.2 Å². The van der Waals surface area contributed by atoms with Crippen LogP contribution in [-0.2, 0) is 12.8 Å². The number of pyridine rings is 1. The van der Waals surface area contributed by atoms with E-state index in [0.717, 1.165) is 85.6 Å². The molecule has 1 aliphatic heterocycles. The molecule has 172 valence electrons. The van der Waals surface area contributed by atoms with Gasteiger partial charge in [-0.15, -0.1) is 0 Å². The van der Waals surface area contributed by atoms with Gasteiger partial charge in [0.05, 0.1) is 10.5 Å². The van der Waals surface area contributed by atoms with Crippen LogP contribution in [-0.4, -0.2) is 66.5 Å². The molecule has 4 rings (SSSR count). The Morgan fingerprint density at radius 1 is 1.16 bits per heavy atom. The Labute approximate surface area is 198 Å². The molecule has 2 aromatic rings. The number of benzene rings is 1. The lowest BCUT2D eigenvalue weighted by molar-refractivity contribution is 0.209. The second-order valence-corrected chi connectivity index (χ2v) is 10.1. The molecular formula is C27H37ClN4. The number of hydrogen-bond donors (Lipinski definition) is 0. The number of aryl methyl sites for hydroxylation is 1. The Hall–Kier alpha value is -2.04. The van der Waals surface area contributed by atoms with Gasteiger partial charge in [-0.25, -0.2) is 0 Å². The van der Waals surface area contributed by atoms with Crippen molar-refractivity contribution in [2.45, 2.75) is 39.0 Å². The van der Waals surface area contributed by atoms with E-state index in [9.17, 15) is 0 Å². The van der Waals surface area contributed by atoms with E-state index in [1.54, 1.807) is 0 Å². The molecule has 1 fully saturated rings. The molecule has 0 N–H and O–H groups in total. The SMILES string of the molecule is C=C(CCC)N1CCN(C(=C)c2ccc3c(Cl)c4c(nc3c2)CCC(CN(C)C)C4)CC1. The Balaban J connectivity index is 1.51. The summed E-state index contributed by atoms with van der Waals surface area (Å²) in [7, 11) is 4.29. The van der Waals surface area contributed by atoms with Gasteiger partial charge in [-0.1, -0.05) is 50.2 Å². The lowest BCUT2D eigenvalue weighted by Gasteiger charge is -2.39. The molecule has 2 aliphatic rings. The zero-order chi connectivity index (χ0) is 22.8. The summed E-state index contributed by atoms with van der Waals surface area (Å²) in [6.07, 6.45) is 5.45. The fraction of sp³-hybridized carbons (Fsp3) is 0.519. The van der Waals surface area contributed by atoms with Crippen LogP contribution in [0.3, 0.4) is 0 Å². The first kappa shape index (κ1) is 23.1. The minimum Gasteiger partial charge on any atom is -0.372 e. The molecule has 5 heteroatoms. The van der Waals surface area contributed by atoms with Crippen molar-refractivity contribution in [1.82, 2.24) is 19.7 Å². The number of aromatic nitrogens is 1. The first-order valence-electron chi connectivity index (χ1n) is 12.0. The lowest BCUT2D eigenvalue weighted by Crippen LogP contribution is -2.44. The molecule has 0 saturated carbocycles. The van der Waals surface area contributed by atoms with Crippen molar-refractivity contribution in [2.24, 2.45) is 5.92 Å². The Morgan fingerprint density at radius 2 is 1.88 bits per heavy atom. The van der Waals surface area contributed by atoms with Crippen LogP contribution in [0.2, 0.25) is 5.02 Å². The molecular weight excluding hydrogens is 416 g/mol. The van der Waals surface area contributed by atoms with Crippen molar-refractivity contribution < 1.29 is 0 Å². The number of hydrogen-bond acceptors (Lipinski definition) is 4. The van der Waals surface area contributed by atoms with Crippen LogP contribution in [0.15, 0.2) is 37.1 Å². The van der Waals surface area contributed by atoms with E-state index in [-0.39, 0.29) is 0 Å². The fourth-order valence-electron chi connectivity index (χ4n) is 5.23. The number of fused-ring (bicyclic) bond motifs is 2. The average molecular weight is 453 g/mol. The Morgan fingerprint density at radius 3 is 2.56 bits per heavy atom. The monoisotopic (exact) mass is 452 g/mol. The Bertz CT molecular complexity index is 1000. The number of allylic oxidation sites excluding steroid dienone is 1. The van der Waals surface area contributed by atoms with E-state index in [4.69, 9.17) is 16.6 Å². The van der Waals surface area contributed by atoms with Crippen LogP contribution in [0.5, 0.6) is 0 Å². The number of piperazine rings is 1. The predicted octanol–water partition coefficient (Wildman–Crippen LogP) is 5.46. The van der Waals surface area contributed by atoms with Crippen molar-refractivity contribution in [1.29, 1.82) is 0 Å². The van der Waals surface area contributed by atoms with Crippen LogP contribution < -0.4 is 0 Å². The second kappa shape index (κ2) is 9.84. The van der Waals surface area contributed by atoms with Gasteiger partial charge in [0.1, 0.15) is 0 Å². The number of rotatable bonds is 7. The predicted molar refractivity (Wildman–Crippen MR) is 137 cm³/mol. The quantitative estimate of drug-likeness (QED) is 0.556. The summed E-state index contributed by atoms with van der Waals surface area (Å²) in [4.78, 5) is 12.1. The molecule has 1 unspecified atom stereocenters. The largest absolute Gasteiger partial charge is 0.372 e. The molecule has 0 bridgehead atoms. The molecule has 1 atom stereocenters. The van der Waals surface area contributed by atoms with E-state index in [0.29, 0.717) is 5.92 Å². The molecule has 1 aliphatic carbocycles. The first-order valence-corrected chi connectivity index (χ1v) is 12.4. The van der Waals surface area contributed by atoms with E-state index in [2.05, 4.69) is 67.1 Å². The molecule has 1 aromatic heterocycles. The van der Waals surface area contributed by atoms with Gasteiger partial charge in [0.2, 0.25) is 0 Å². The third kappa shape index (κ3) is 4.82. The maximum absolute atomic E-state index is 6.91. The summed E-state index contributed by atoms with van der Waals surface area (Å²) in [5, 5.41) is 1.96. The molecule has 0 radical (unpaired) electrons. The summed E-state index contributed by atoms with van der Waals surface area (Å²) in [6.45, 7) is 16.0. The van der Waals surface area contributed by atoms with Crippen molar-refractivity contribution in [3.63, 3.8) is 0 Å². The number of halogens is 1. The van der Waals surface area contributed by atoms with Crippen LogP contribution in [0.25, 0.3) is 16.6 Å². The van der Waals surface area contributed by atoms with E-state index in [1.165, 1.54) is 23.4 Å². The highest BCUT2D eigenvalue weighted by molar-refractivity contribution is 6.36. The standard InChI is InChI=1S/C27H37ClN4/c1-6-7-19(2)31-12-14-32(15-13-31)20(3)22-9-10-23-26(17-22)29-25-11-8-21(18-30(4)5)16-24(25)27(23)28/h9-10,17,21H,2-3,6-8,11-16,18H2,1,4-5H3. The minimum atomic E-state index is 0.653. The van der Waals surface area contributed by atoms with Crippen molar-refractivity contribution in [2.75, 3.05) is 46.8 Å². The van der Waals surface area contributed by atoms with Gasteiger partial charge in [0.25, 0.3) is 0 Å². The summed E-state index contributed by atoms with van der Waals surface area (Å²) in [5.74, 6) is 0.653. The second-order valence-electron chi connectivity index (χ2n) is 9.69. The van der Waals surface area contributed by atoms with Gasteiger partial charge in [-0.2, -0.15) is 0 Å². The molecule has 0 amide bonds. The lowest BCUT2D eigenvalue weighted by atomic mass is 9.85. The van der Waals surface area contributed by atoms with E-state index in [1.807, 2.05) is 0 Å². The maximum Gasteiger partial charge on any atom is 0.0727 e. The van der Waals surface area contributed by atoms with Crippen molar-refractivity contribution in [3.05, 3.63) is 58.9 Å². The number of nitrogens with zero attached hydrogens (tertiary/aromatic N) is 4. The van der Waals surface area contributed by atoms with E-state index >= 15 is 0 Å². The third-order valence-corrected chi connectivity index (χ3v) is 7.42. The highest BCUT2D eigenvalue weighted by Gasteiger charge is 2.25. The van der Waals surface area contributed by atoms with Gasteiger partial charge >= 0.3 is 0 Å². The maximum atomic E-state index is 6.91. The van der Waals surface area contributed by atoms with Gasteiger partial charge in [0.15, 0.2) is 0 Å². The van der Waals surface area contributed by atoms with E-state index < -0.39 is 0 Å². The molecule has 4 nitrogen and oxygen atoms in total. The van der Waals surface area contributed by atoms with Crippen LogP contribution in [0.1, 0.15) is 43.0 Å². The van der Waals surface area contributed by atoms with Gasteiger partial charge in [-0.05, 0) is 62.9 Å². The van der Waals surface area contributed by atoms with Crippen LogP contribution in [0, 0.1) is 5.92 Å². The summed E-state index contributed by atoms with van der Waals surface area (Å²) >= 11 is 6.91. The first-order chi connectivity index (χ1) is 15.4. The molecule has 0 spiro atoms. The zero-order valence-electron chi connectivity index (χ0n) is 20.0. The smallest absolute Gasteiger partial charge is 0.0727 e.